The van der Waals surface area contributed by atoms with Crippen LogP contribution in [0.1, 0.15) is 32.1 Å². The Morgan fingerprint density at radius 1 is 1.05 bits per heavy atom. The molecule has 0 spiro atoms. The van der Waals surface area contributed by atoms with Crippen LogP contribution in [-0.2, 0) is 14.3 Å². The van der Waals surface area contributed by atoms with Crippen molar-refractivity contribution in [1.29, 1.82) is 0 Å². The van der Waals surface area contributed by atoms with E-state index in [0.29, 0.717) is 6.42 Å². The highest BCUT2D eigenvalue weighted by Crippen LogP contribution is 2.26. The third kappa shape index (κ3) is 3.68. The molecule has 0 atom stereocenters. The largest absolute Gasteiger partial charge is 0.353 e. The van der Waals surface area contributed by atoms with Gasteiger partial charge in [-0.2, -0.15) is 0 Å². The van der Waals surface area contributed by atoms with Crippen molar-refractivity contribution in [2.24, 2.45) is 0 Å². The van der Waals surface area contributed by atoms with E-state index >= 15 is 0 Å². The Bertz CT molecular complexity index is 289. The van der Waals surface area contributed by atoms with Crippen molar-refractivity contribution in [3.8, 4) is 0 Å². The number of carbonyl (C=O) groups is 1. The molecule has 2 heterocycles. The highest BCUT2D eigenvalue weighted by atomic mass is 16.7. The lowest BCUT2D eigenvalue weighted by atomic mass is 10.0. The van der Waals surface area contributed by atoms with Gasteiger partial charge in [-0.3, -0.25) is 4.79 Å². The molecule has 2 saturated heterocycles. The van der Waals surface area contributed by atoms with Crippen molar-refractivity contribution in [2.45, 2.75) is 37.9 Å². The summed E-state index contributed by atoms with van der Waals surface area (Å²) in [6.07, 6.45) is 4.72. The average molecular weight is 270 g/mol. The minimum atomic E-state index is -0.480. The smallest absolute Gasteiger partial charge is 0.223 e. The first kappa shape index (κ1) is 14.8. The number of hydrogen-bond donors (Lipinski definition) is 0. The van der Waals surface area contributed by atoms with Crippen LogP contribution in [0.15, 0.2) is 0 Å². The molecule has 0 saturated carbocycles. The highest BCUT2D eigenvalue weighted by Gasteiger charge is 2.35. The lowest BCUT2D eigenvalue weighted by molar-refractivity contribution is -0.228. The van der Waals surface area contributed by atoms with Crippen LogP contribution in [-0.4, -0.2) is 68.4 Å². The van der Waals surface area contributed by atoms with Gasteiger partial charge >= 0.3 is 0 Å². The monoisotopic (exact) mass is 270 g/mol. The molecule has 2 fully saturated rings. The predicted molar refractivity (Wildman–Crippen MR) is 72.9 cm³/mol. The van der Waals surface area contributed by atoms with Crippen molar-refractivity contribution in [3.05, 3.63) is 0 Å². The number of rotatable bonds is 5. The van der Waals surface area contributed by atoms with Gasteiger partial charge in [-0.1, -0.05) is 0 Å². The minimum absolute atomic E-state index is 0.271. The summed E-state index contributed by atoms with van der Waals surface area (Å²) < 4.78 is 10.9. The number of hydrogen-bond acceptors (Lipinski definition) is 4. The van der Waals surface area contributed by atoms with E-state index in [0.717, 1.165) is 45.6 Å². The van der Waals surface area contributed by atoms with Crippen molar-refractivity contribution in [1.82, 2.24) is 9.80 Å². The molecule has 2 aliphatic heterocycles. The molecule has 0 N–H and O–H groups in total. The van der Waals surface area contributed by atoms with Gasteiger partial charge in [-0.05, 0) is 25.9 Å². The van der Waals surface area contributed by atoms with Crippen LogP contribution in [0.3, 0.4) is 0 Å². The fourth-order valence-corrected chi connectivity index (χ4v) is 3.01. The Morgan fingerprint density at radius 2 is 1.63 bits per heavy atom. The van der Waals surface area contributed by atoms with Crippen LogP contribution in [0, 0.1) is 0 Å². The number of piperidine rings is 1. The number of nitrogens with zero attached hydrogens (tertiary/aromatic N) is 2. The predicted octanol–water partition coefficient (Wildman–Crippen LogP) is 1.08. The third-order valence-corrected chi connectivity index (χ3v) is 4.46. The van der Waals surface area contributed by atoms with Gasteiger partial charge in [0.15, 0.2) is 5.79 Å². The van der Waals surface area contributed by atoms with Crippen molar-refractivity contribution in [2.75, 3.05) is 46.9 Å². The number of carbonyl (C=O) groups excluding carboxylic acids is 1. The van der Waals surface area contributed by atoms with Crippen LogP contribution in [0.2, 0.25) is 0 Å². The Labute approximate surface area is 115 Å². The second kappa shape index (κ2) is 6.68. The van der Waals surface area contributed by atoms with Crippen LogP contribution >= 0.6 is 0 Å². The molecule has 19 heavy (non-hydrogen) atoms. The topological polar surface area (TPSA) is 42.0 Å². The molecule has 0 aromatic carbocycles. The van der Waals surface area contributed by atoms with Gasteiger partial charge in [0.1, 0.15) is 0 Å². The molecule has 1 amide bonds. The van der Waals surface area contributed by atoms with Gasteiger partial charge < -0.3 is 19.3 Å². The molecule has 5 nitrogen and oxygen atoms in total. The average Bonchev–Trinajstić information content (AvgIpc) is 2.98. The SMILES string of the molecule is COC1(OC)CCN(C(=O)CCN2CCCC2)CC1. The maximum atomic E-state index is 12.2. The zero-order valence-corrected chi connectivity index (χ0v) is 12.2. The van der Waals surface area contributed by atoms with Crippen LogP contribution in [0.4, 0.5) is 0 Å². The maximum absolute atomic E-state index is 12.2. The fourth-order valence-electron chi connectivity index (χ4n) is 3.01. The van der Waals surface area contributed by atoms with E-state index in [2.05, 4.69) is 4.90 Å². The Kier molecular flexibility index (Phi) is 5.19. The minimum Gasteiger partial charge on any atom is -0.353 e. The molecule has 5 heteroatoms. The molecule has 0 bridgehead atoms. The highest BCUT2D eigenvalue weighted by molar-refractivity contribution is 5.76. The van der Waals surface area contributed by atoms with Crippen molar-refractivity contribution < 1.29 is 14.3 Å². The summed E-state index contributed by atoms with van der Waals surface area (Å²) in [6.45, 7) is 4.70. The summed E-state index contributed by atoms with van der Waals surface area (Å²) in [5, 5.41) is 0. The molecule has 0 aromatic rings. The zero-order chi connectivity index (χ0) is 13.7. The first-order valence-electron chi connectivity index (χ1n) is 7.29. The zero-order valence-electron chi connectivity index (χ0n) is 12.2. The number of methoxy groups -OCH3 is 2. The first-order chi connectivity index (χ1) is 9.19. The summed E-state index contributed by atoms with van der Waals surface area (Å²) in [5.41, 5.74) is 0. The standard InChI is InChI=1S/C14H26N2O3/c1-18-14(19-2)6-11-16(12-7-14)13(17)5-10-15-8-3-4-9-15/h3-12H2,1-2H3. The molecule has 2 aliphatic rings. The van der Waals surface area contributed by atoms with E-state index in [-0.39, 0.29) is 5.91 Å². The van der Waals surface area contributed by atoms with Gasteiger partial charge in [0.2, 0.25) is 5.91 Å². The third-order valence-electron chi connectivity index (χ3n) is 4.46. The molecule has 0 radical (unpaired) electrons. The van der Waals surface area contributed by atoms with Crippen LogP contribution < -0.4 is 0 Å². The molecule has 0 aromatic heterocycles. The fraction of sp³-hybridized carbons (Fsp3) is 0.929. The molecule has 2 rings (SSSR count). The van der Waals surface area contributed by atoms with E-state index in [4.69, 9.17) is 9.47 Å². The number of ether oxygens (including phenoxy) is 2. The summed E-state index contributed by atoms with van der Waals surface area (Å²) in [4.78, 5) is 16.5. The summed E-state index contributed by atoms with van der Waals surface area (Å²) >= 11 is 0. The van der Waals surface area contributed by atoms with Crippen molar-refractivity contribution >= 4 is 5.91 Å². The molecule has 110 valence electrons. The summed E-state index contributed by atoms with van der Waals surface area (Å²) in [6, 6.07) is 0. The van der Waals surface area contributed by atoms with E-state index in [1.54, 1.807) is 14.2 Å². The van der Waals surface area contributed by atoms with E-state index < -0.39 is 5.79 Å². The summed E-state index contributed by atoms with van der Waals surface area (Å²) in [5.74, 6) is -0.209. The van der Waals surface area contributed by atoms with E-state index in [1.807, 2.05) is 4.90 Å². The molecule has 0 aliphatic carbocycles. The van der Waals surface area contributed by atoms with Crippen LogP contribution in [0.5, 0.6) is 0 Å². The molecular weight excluding hydrogens is 244 g/mol. The maximum Gasteiger partial charge on any atom is 0.223 e. The van der Waals surface area contributed by atoms with E-state index in [1.165, 1.54) is 12.8 Å². The normalized spacial score (nSPS) is 23.8. The van der Waals surface area contributed by atoms with Crippen LogP contribution in [0.25, 0.3) is 0 Å². The van der Waals surface area contributed by atoms with Gasteiger partial charge in [-0.25, -0.2) is 0 Å². The Morgan fingerprint density at radius 3 is 2.16 bits per heavy atom. The van der Waals surface area contributed by atoms with Gasteiger partial charge in [0, 0.05) is 53.1 Å². The van der Waals surface area contributed by atoms with E-state index in [9.17, 15) is 4.79 Å². The lowest BCUT2D eigenvalue weighted by Crippen LogP contribution is -2.49. The second-order valence-electron chi connectivity index (χ2n) is 5.50. The van der Waals surface area contributed by atoms with Crippen molar-refractivity contribution in [3.63, 3.8) is 0 Å². The van der Waals surface area contributed by atoms with Gasteiger partial charge in [0.25, 0.3) is 0 Å². The first-order valence-corrected chi connectivity index (χ1v) is 7.29. The molecular formula is C14H26N2O3. The Hall–Kier alpha value is -0.650. The van der Waals surface area contributed by atoms with Gasteiger partial charge in [0.05, 0.1) is 0 Å². The molecule has 0 unspecified atom stereocenters. The lowest BCUT2D eigenvalue weighted by Gasteiger charge is -2.39. The quantitative estimate of drug-likeness (QED) is 0.701. The number of amides is 1. The Balaban J connectivity index is 1.72. The summed E-state index contributed by atoms with van der Waals surface area (Å²) in [7, 11) is 3.35. The second-order valence-corrected chi connectivity index (χ2v) is 5.50. The number of likely N-dealkylation sites (tertiary alicyclic amines) is 2. The van der Waals surface area contributed by atoms with Gasteiger partial charge in [-0.15, -0.1) is 0 Å².